The summed E-state index contributed by atoms with van der Waals surface area (Å²) in [5, 5.41) is 8.71. The smallest absolute Gasteiger partial charge is 0.176 e. The predicted octanol–water partition coefficient (Wildman–Crippen LogP) is 6.86. The maximum Gasteiger partial charge on any atom is 0.176 e. The second-order valence-corrected chi connectivity index (χ2v) is 19.1. The van der Waals surface area contributed by atoms with Gasteiger partial charge in [-0.1, -0.05) is 49.8 Å². The van der Waals surface area contributed by atoms with E-state index in [0.717, 1.165) is 25.7 Å². The fourth-order valence-corrected chi connectivity index (χ4v) is 15.1. The standard InChI is InChI=1S/C22H44N2O3Si2/c1-9-11-21(15-19-13-17(3)25-23-19)28(5,6)27-29(7,8)22(12-10-2)16-20-14-18(4)26-24-20/h17-18,21-22H,9-16H2,1-8H3/t17-,18-,21-,22-/m0/s1. The molecule has 7 heteroatoms. The molecular formula is C22H44N2O3Si2. The van der Waals surface area contributed by atoms with Gasteiger partial charge >= 0.3 is 0 Å². The third kappa shape index (κ3) is 7.21. The van der Waals surface area contributed by atoms with Crippen LogP contribution in [0.4, 0.5) is 0 Å². The molecule has 5 nitrogen and oxygen atoms in total. The topological polar surface area (TPSA) is 52.4 Å². The van der Waals surface area contributed by atoms with Gasteiger partial charge in [-0.2, -0.15) is 0 Å². The third-order valence-electron chi connectivity index (χ3n) is 6.50. The molecule has 0 N–H and O–H groups in total. The second kappa shape index (κ2) is 10.6. The maximum atomic E-state index is 7.22. The molecule has 0 saturated heterocycles. The molecule has 29 heavy (non-hydrogen) atoms. The molecule has 0 radical (unpaired) electrons. The van der Waals surface area contributed by atoms with Crippen LogP contribution in [0.25, 0.3) is 0 Å². The van der Waals surface area contributed by atoms with Crippen molar-refractivity contribution < 1.29 is 13.8 Å². The first-order valence-corrected chi connectivity index (χ1v) is 17.7. The number of hydrogen-bond acceptors (Lipinski definition) is 5. The van der Waals surface area contributed by atoms with Gasteiger partial charge < -0.3 is 13.8 Å². The van der Waals surface area contributed by atoms with E-state index in [2.05, 4.69) is 64.2 Å². The SMILES string of the molecule is CCC[C@@H](CC1=NO[C@@H](C)C1)[Si](C)(C)O[Si](C)(C)[C@@H](CCC)CC1=NO[C@@H](C)C1. The second-order valence-electron chi connectivity index (χ2n) is 10.2. The van der Waals surface area contributed by atoms with Crippen LogP contribution in [-0.4, -0.2) is 40.3 Å². The van der Waals surface area contributed by atoms with E-state index < -0.39 is 16.6 Å². The highest BCUT2D eigenvalue weighted by molar-refractivity contribution is 6.86. The van der Waals surface area contributed by atoms with E-state index in [-0.39, 0.29) is 12.2 Å². The Morgan fingerprint density at radius 3 is 1.48 bits per heavy atom. The van der Waals surface area contributed by atoms with E-state index in [9.17, 15) is 0 Å². The fourth-order valence-electron chi connectivity index (χ4n) is 4.88. The van der Waals surface area contributed by atoms with Gasteiger partial charge in [0.2, 0.25) is 0 Å². The molecule has 0 saturated carbocycles. The van der Waals surface area contributed by atoms with Gasteiger partial charge in [-0.25, -0.2) is 0 Å². The van der Waals surface area contributed by atoms with Gasteiger partial charge in [-0.05, 0) is 64.0 Å². The predicted molar refractivity (Wildman–Crippen MR) is 128 cm³/mol. The van der Waals surface area contributed by atoms with Crippen LogP contribution in [0.15, 0.2) is 10.3 Å². The first kappa shape index (κ1) is 24.6. The highest BCUT2D eigenvalue weighted by Crippen LogP contribution is 2.40. The van der Waals surface area contributed by atoms with Crippen LogP contribution in [-0.2, 0) is 13.8 Å². The molecule has 0 aromatic heterocycles. The quantitative estimate of drug-likeness (QED) is 0.311. The lowest BCUT2D eigenvalue weighted by atomic mass is 10.1. The van der Waals surface area contributed by atoms with Crippen molar-refractivity contribution in [3.05, 3.63) is 0 Å². The van der Waals surface area contributed by atoms with Gasteiger partial charge in [0, 0.05) is 12.8 Å². The number of rotatable bonds is 12. The average molecular weight is 441 g/mol. The van der Waals surface area contributed by atoms with E-state index in [0.29, 0.717) is 11.1 Å². The van der Waals surface area contributed by atoms with Crippen molar-refractivity contribution in [2.45, 2.75) is 129 Å². The molecule has 2 rings (SSSR count). The summed E-state index contributed by atoms with van der Waals surface area (Å²) in [5.74, 6) is 0. The van der Waals surface area contributed by atoms with Gasteiger partial charge in [0.1, 0.15) is 12.2 Å². The van der Waals surface area contributed by atoms with Gasteiger partial charge in [0.15, 0.2) is 16.6 Å². The molecule has 0 unspecified atom stereocenters. The fraction of sp³-hybridized carbons (Fsp3) is 0.909. The lowest BCUT2D eigenvalue weighted by molar-refractivity contribution is 0.0993. The maximum absolute atomic E-state index is 7.22. The zero-order chi connectivity index (χ0) is 21.7. The molecular weight excluding hydrogens is 396 g/mol. The molecule has 2 aliphatic heterocycles. The molecule has 4 atom stereocenters. The molecule has 0 spiro atoms. The zero-order valence-corrected chi connectivity index (χ0v) is 22.1. The van der Waals surface area contributed by atoms with Gasteiger partial charge in [0.05, 0.1) is 11.4 Å². The van der Waals surface area contributed by atoms with Crippen LogP contribution in [0.5, 0.6) is 0 Å². The molecule has 2 heterocycles. The minimum atomic E-state index is -1.89. The van der Waals surface area contributed by atoms with Crippen molar-refractivity contribution in [3.8, 4) is 0 Å². The summed E-state index contributed by atoms with van der Waals surface area (Å²) in [4.78, 5) is 10.9. The van der Waals surface area contributed by atoms with Gasteiger partial charge in [0.25, 0.3) is 0 Å². The van der Waals surface area contributed by atoms with Crippen LogP contribution in [0.3, 0.4) is 0 Å². The Balaban J connectivity index is 2.09. The number of nitrogens with zero attached hydrogens (tertiary/aromatic N) is 2. The largest absolute Gasteiger partial charge is 0.455 e. The first-order chi connectivity index (χ1) is 13.6. The summed E-state index contributed by atoms with van der Waals surface area (Å²) in [5.41, 5.74) is 3.66. The van der Waals surface area contributed by atoms with Crippen molar-refractivity contribution in [1.82, 2.24) is 0 Å². The molecule has 0 aromatic rings. The van der Waals surface area contributed by atoms with Gasteiger partial charge in [-0.15, -0.1) is 0 Å². The Morgan fingerprint density at radius 2 is 1.21 bits per heavy atom. The summed E-state index contributed by atoms with van der Waals surface area (Å²) >= 11 is 0. The highest BCUT2D eigenvalue weighted by Gasteiger charge is 2.43. The minimum Gasteiger partial charge on any atom is -0.455 e. The normalized spacial score (nSPS) is 24.6. The molecule has 0 fully saturated rings. The molecule has 168 valence electrons. The van der Waals surface area contributed by atoms with E-state index in [1.807, 2.05) is 0 Å². The summed E-state index contributed by atoms with van der Waals surface area (Å²) in [7, 11) is -3.77. The van der Waals surface area contributed by atoms with E-state index in [1.165, 1.54) is 37.1 Å². The van der Waals surface area contributed by atoms with Crippen LogP contribution < -0.4 is 0 Å². The molecule has 0 bridgehead atoms. The van der Waals surface area contributed by atoms with Crippen molar-refractivity contribution >= 4 is 28.1 Å². The Kier molecular flexibility index (Phi) is 8.97. The van der Waals surface area contributed by atoms with E-state index in [4.69, 9.17) is 13.8 Å². The van der Waals surface area contributed by atoms with E-state index in [1.54, 1.807) is 0 Å². The summed E-state index contributed by atoms with van der Waals surface area (Å²) in [6.45, 7) is 18.5. The lowest BCUT2D eigenvalue weighted by Crippen LogP contribution is -2.50. The third-order valence-corrected chi connectivity index (χ3v) is 15.6. The van der Waals surface area contributed by atoms with Crippen LogP contribution in [0.1, 0.15) is 79.1 Å². The zero-order valence-electron chi connectivity index (χ0n) is 20.1. The molecule has 0 aromatic carbocycles. The minimum absolute atomic E-state index is 0.231. The van der Waals surface area contributed by atoms with Crippen LogP contribution >= 0.6 is 0 Å². The summed E-state index contributed by atoms with van der Waals surface area (Å²) in [6, 6.07) is 0. The summed E-state index contributed by atoms with van der Waals surface area (Å²) < 4.78 is 7.22. The highest BCUT2D eigenvalue weighted by atomic mass is 28.4. The van der Waals surface area contributed by atoms with Crippen molar-refractivity contribution in [1.29, 1.82) is 0 Å². The molecule has 2 aliphatic rings. The average Bonchev–Trinajstić information content (AvgIpc) is 3.21. The van der Waals surface area contributed by atoms with Crippen molar-refractivity contribution in [2.75, 3.05) is 0 Å². The lowest BCUT2D eigenvalue weighted by Gasteiger charge is -2.43. The van der Waals surface area contributed by atoms with Crippen molar-refractivity contribution in [2.24, 2.45) is 10.3 Å². The van der Waals surface area contributed by atoms with E-state index >= 15 is 0 Å². The summed E-state index contributed by atoms with van der Waals surface area (Å²) in [6.07, 6.45) is 9.31. The first-order valence-electron chi connectivity index (χ1n) is 11.7. The van der Waals surface area contributed by atoms with Crippen molar-refractivity contribution in [3.63, 3.8) is 0 Å². The Hall–Kier alpha value is -0.666. The molecule has 0 aliphatic carbocycles. The molecule has 0 amide bonds. The van der Waals surface area contributed by atoms with Crippen LogP contribution in [0, 0.1) is 0 Å². The van der Waals surface area contributed by atoms with Gasteiger partial charge in [-0.3, -0.25) is 0 Å². The van der Waals surface area contributed by atoms with Crippen LogP contribution in [0.2, 0.25) is 37.3 Å². The Morgan fingerprint density at radius 1 is 0.828 bits per heavy atom. The Labute approximate surface area is 180 Å². The number of oxime groups is 2. The number of hydrogen-bond donors (Lipinski definition) is 0. The Bertz CT molecular complexity index is 543. The monoisotopic (exact) mass is 440 g/mol.